The molecule has 0 unspecified atom stereocenters. The molecule has 1 fully saturated rings. The summed E-state index contributed by atoms with van der Waals surface area (Å²) in [6.07, 6.45) is 3.48. The maximum absolute atomic E-state index is 13.7. The van der Waals surface area contributed by atoms with Gasteiger partial charge in [0.1, 0.15) is 17.2 Å². The molecule has 0 saturated carbocycles. The molecule has 2 aromatic heterocycles. The van der Waals surface area contributed by atoms with E-state index in [1.807, 2.05) is 25.3 Å². The van der Waals surface area contributed by atoms with Crippen LogP contribution in [0.4, 0.5) is 26.4 Å². The van der Waals surface area contributed by atoms with Crippen molar-refractivity contribution < 1.29 is 8.78 Å². The molecule has 1 saturated heterocycles. The quantitative estimate of drug-likeness (QED) is 0.614. The second kappa shape index (κ2) is 7.55. The van der Waals surface area contributed by atoms with Crippen molar-refractivity contribution >= 4 is 28.7 Å². The van der Waals surface area contributed by atoms with E-state index in [0.717, 1.165) is 32.0 Å². The van der Waals surface area contributed by atoms with Gasteiger partial charge in [-0.2, -0.15) is 4.98 Å². The summed E-state index contributed by atoms with van der Waals surface area (Å²) < 4.78 is 29.3. The van der Waals surface area contributed by atoms with E-state index in [2.05, 4.69) is 25.9 Å². The number of halogens is 2. The minimum absolute atomic E-state index is 0.166. The molecule has 0 aliphatic carbocycles. The Morgan fingerprint density at radius 1 is 1.07 bits per heavy atom. The summed E-state index contributed by atoms with van der Waals surface area (Å²) in [5.74, 6) is -0.274. The number of imidazole rings is 1. The summed E-state index contributed by atoms with van der Waals surface area (Å²) in [5.41, 5.74) is 1.43. The Morgan fingerprint density at radius 2 is 1.76 bits per heavy atom. The average Bonchev–Trinajstić information content (AvgIpc) is 2.97. The lowest BCUT2D eigenvalue weighted by Crippen LogP contribution is -2.30. The fourth-order valence-electron chi connectivity index (χ4n) is 3.54. The fourth-order valence-corrected chi connectivity index (χ4v) is 3.54. The Hall–Kier alpha value is -2.81. The molecule has 0 bridgehead atoms. The number of aromatic nitrogens is 4. The van der Waals surface area contributed by atoms with Crippen molar-refractivity contribution in [2.24, 2.45) is 0 Å². The number of nitrogens with one attached hydrogen (secondary N) is 3. The first kappa shape index (κ1) is 19.5. The van der Waals surface area contributed by atoms with E-state index in [1.54, 1.807) is 6.20 Å². The van der Waals surface area contributed by atoms with E-state index in [-0.39, 0.29) is 11.6 Å². The van der Waals surface area contributed by atoms with Gasteiger partial charge in [0.25, 0.3) is 0 Å². The lowest BCUT2D eigenvalue weighted by molar-refractivity contribution is 0.377. The lowest BCUT2D eigenvalue weighted by atomic mass is 10.1. The van der Waals surface area contributed by atoms with Crippen LogP contribution < -0.4 is 16.0 Å². The topological polar surface area (TPSA) is 79.7 Å². The molecule has 29 heavy (non-hydrogen) atoms. The second-order valence-corrected chi connectivity index (χ2v) is 8.35. The van der Waals surface area contributed by atoms with E-state index in [9.17, 15) is 8.78 Å². The molecule has 1 aromatic carbocycles. The van der Waals surface area contributed by atoms with E-state index < -0.39 is 11.6 Å². The van der Waals surface area contributed by atoms with E-state index in [0.29, 0.717) is 28.7 Å². The van der Waals surface area contributed by atoms with Crippen LogP contribution in [0.25, 0.3) is 11.2 Å². The number of rotatable bonds is 4. The number of benzene rings is 1. The Kier molecular flexibility index (Phi) is 5.08. The largest absolute Gasteiger partial charge is 0.350 e. The van der Waals surface area contributed by atoms with Crippen molar-refractivity contribution in [2.45, 2.75) is 45.2 Å². The summed E-state index contributed by atoms with van der Waals surface area (Å²) in [4.78, 5) is 13.7. The summed E-state index contributed by atoms with van der Waals surface area (Å²) in [6.45, 7) is 7.88. The van der Waals surface area contributed by atoms with E-state index in [1.165, 1.54) is 12.1 Å². The lowest BCUT2D eigenvalue weighted by Gasteiger charge is -2.26. The monoisotopic (exact) mass is 401 g/mol. The molecule has 0 amide bonds. The molecule has 0 atom stereocenters. The Bertz CT molecular complexity index is 999. The molecule has 0 radical (unpaired) electrons. The van der Waals surface area contributed by atoms with Crippen LogP contribution in [0.15, 0.2) is 24.4 Å². The summed E-state index contributed by atoms with van der Waals surface area (Å²) in [7, 11) is 0. The highest BCUT2D eigenvalue weighted by atomic mass is 19.1. The molecule has 9 heteroatoms. The van der Waals surface area contributed by atoms with Gasteiger partial charge in [-0.25, -0.2) is 18.7 Å². The molecule has 1 aliphatic heterocycles. The fraction of sp³-hybridized carbons (Fsp3) is 0.450. The SMILES string of the molecule is CC(C)(C)Nc1ncc2nc(Nc3cc(F)cc(F)c3)n(C3CCNCC3)c2n1. The Labute approximate surface area is 168 Å². The molecular formula is C20H25F2N7. The van der Waals surface area contributed by atoms with Gasteiger partial charge in [0, 0.05) is 23.3 Å². The maximum atomic E-state index is 13.7. The first-order chi connectivity index (χ1) is 13.8. The minimum atomic E-state index is -0.645. The first-order valence-electron chi connectivity index (χ1n) is 9.75. The molecule has 1 aliphatic rings. The van der Waals surface area contributed by atoms with Crippen molar-refractivity contribution in [3.8, 4) is 0 Å². The average molecular weight is 401 g/mol. The van der Waals surface area contributed by atoms with Gasteiger partial charge >= 0.3 is 0 Å². The Morgan fingerprint density at radius 3 is 2.41 bits per heavy atom. The predicted molar refractivity (Wildman–Crippen MR) is 109 cm³/mol. The van der Waals surface area contributed by atoms with Crippen LogP contribution in [-0.4, -0.2) is 38.1 Å². The van der Waals surface area contributed by atoms with Crippen molar-refractivity contribution in [2.75, 3.05) is 23.7 Å². The van der Waals surface area contributed by atoms with E-state index in [4.69, 9.17) is 4.98 Å². The van der Waals surface area contributed by atoms with Crippen LogP contribution >= 0.6 is 0 Å². The van der Waals surface area contributed by atoms with Crippen LogP contribution in [0.3, 0.4) is 0 Å². The number of anilines is 3. The Balaban J connectivity index is 1.79. The third-order valence-corrected chi connectivity index (χ3v) is 4.71. The number of fused-ring (bicyclic) bond motifs is 1. The zero-order valence-corrected chi connectivity index (χ0v) is 16.8. The molecular weight excluding hydrogens is 376 g/mol. The first-order valence-corrected chi connectivity index (χ1v) is 9.75. The minimum Gasteiger partial charge on any atom is -0.350 e. The van der Waals surface area contributed by atoms with Gasteiger partial charge in [-0.3, -0.25) is 4.57 Å². The van der Waals surface area contributed by atoms with Gasteiger partial charge in [0.15, 0.2) is 5.65 Å². The summed E-state index contributed by atoms with van der Waals surface area (Å²) >= 11 is 0. The predicted octanol–water partition coefficient (Wildman–Crippen LogP) is 3.98. The van der Waals surface area contributed by atoms with Crippen molar-refractivity contribution in [1.29, 1.82) is 0 Å². The van der Waals surface area contributed by atoms with Gasteiger partial charge < -0.3 is 16.0 Å². The van der Waals surface area contributed by atoms with Gasteiger partial charge in [0.05, 0.1) is 6.20 Å². The van der Waals surface area contributed by atoms with Gasteiger partial charge in [0.2, 0.25) is 11.9 Å². The number of piperidine rings is 1. The molecule has 3 aromatic rings. The van der Waals surface area contributed by atoms with Crippen molar-refractivity contribution in [3.05, 3.63) is 36.0 Å². The van der Waals surface area contributed by atoms with Crippen LogP contribution in [-0.2, 0) is 0 Å². The molecule has 3 heterocycles. The van der Waals surface area contributed by atoms with Crippen LogP contribution in [0.1, 0.15) is 39.7 Å². The van der Waals surface area contributed by atoms with Crippen LogP contribution in [0.2, 0.25) is 0 Å². The standard InChI is InChI=1S/C20H25F2N7/c1-20(2,3)28-18-24-11-16-17(27-18)29(15-4-6-23-7-5-15)19(26-16)25-14-9-12(21)8-13(22)10-14/h8-11,15,23H,4-7H2,1-3H3,(H,25,26)(H,24,27,28). The number of nitrogens with zero attached hydrogens (tertiary/aromatic N) is 4. The normalized spacial score (nSPS) is 15.6. The third-order valence-electron chi connectivity index (χ3n) is 4.71. The highest BCUT2D eigenvalue weighted by Crippen LogP contribution is 2.31. The van der Waals surface area contributed by atoms with Crippen LogP contribution in [0, 0.1) is 11.6 Å². The smallest absolute Gasteiger partial charge is 0.225 e. The van der Waals surface area contributed by atoms with Gasteiger partial charge in [-0.15, -0.1) is 0 Å². The van der Waals surface area contributed by atoms with Gasteiger partial charge in [-0.05, 0) is 58.8 Å². The molecule has 154 valence electrons. The highest BCUT2D eigenvalue weighted by molar-refractivity contribution is 5.76. The van der Waals surface area contributed by atoms with Gasteiger partial charge in [-0.1, -0.05) is 0 Å². The zero-order valence-electron chi connectivity index (χ0n) is 16.8. The molecule has 7 nitrogen and oxygen atoms in total. The zero-order chi connectivity index (χ0) is 20.6. The molecule has 4 rings (SSSR count). The van der Waals surface area contributed by atoms with E-state index >= 15 is 0 Å². The third kappa shape index (κ3) is 4.45. The molecule has 0 spiro atoms. The van der Waals surface area contributed by atoms with Crippen molar-refractivity contribution in [3.63, 3.8) is 0 Å². The summed E-state index contributed by atoms with van der Waals surface area (Å²) in [5, 5.41) is 9.71. The summed E-state index contributed by atoms with van der Waals surface area (Å²) in [6, 6.07) is 3.50. The number of hydrogen-bond acceptors (Lipinski definition) is 6. The highest BCUT2D eigenvalue weighted by Gasteiger charge is 2.24. The maximum Gasteiger partial charge on any atom is 0.225 e. The molecule has 3 N–H and O–H groups in total. The number of hydrogen-bond donors (Lipinski definition) is 3. The second-order valence-electron chi connectivity index (χ2n) is 8.35. The van der Waals surface area contributed by atoms with Crippen LogP contribution in [0.5, 0.6) is 0 Å². The van der Waals surface area contributed by atoms with Crippen molar-refractivity contribution in [1.82, 2.24) is 24.8 Å².